The largest absolute Gasteiger partial charge is 0.494 e. The molecule has 0 spiro atoms. The molecule has 1 N–H and O–H groups in total. The third kappa shape index (κ3) is 5.15. The van der Waals surface area contributed by atoms with Gasteiger partial charge in [0.2, 0.25) is 5.88 Å². The minimum Gasteiger partial charge on any atom is -0.494 e. The maximum atomic E-state index is 11.0. The van der Waals surface area contributed by atoms with E-state index >= 15 is 0 Å². The van der Waals surface area contributed by atoms with Crippen LogP contribution in [0.3, 0.4) is 0 Å². The Kier molecular flexibility index (Phi) is 6.13. The molecule has 1 aliphatic heterocycles. The Morgan fingerprint density at radius 2 is 1.39 bits per heavy atom. The molecule has 3 nitrogen and oxygen atoms in total. The predicted octanol–water partition coefficient (Wildman–Crippen LogP) is 7.89. The van der Waals surface area contributed by atoms with Crippen LogP contribution in [0.4, 0.5) is 0 Å². The maximum absolute atomic E-state index is 11.0. The Morgan fingerprint density at radius 1 is 0.763 bits per heavy atom. The summed E-state index contributed by atoms with van der Waals surface area (Å²) >= 11 is 0. The maximum Gasteiger partial charge on any atom is 0.205 e. The van der Waals surface area contributed by atoms with Crippen LogP contribution in [0.25, 0.3) is 32.8 Å². The molecule has 0 amide bonds. The van der Waals surface area contributed by atoms with E-state index in [2.05, 4.69) is 98.7 Å². The average molecular weight is 508 g/mol. The summed E-state index contributed by atoms with van der Waals surface area (Å²) in [5.74, 6) is 1.82. The van der Waals surface area contributed by atoms with Crippen molar-refractivity contribution < 1.29 is 9.84 Å². The first-order chi connectivity index (χ1) is 17.5. The van der Waals surface area contributed by atoms with E-state index in [4.69, 9.17) is 9.72 Å². The van der Waals surface area contributed by atoms with Crippen molar-refractivity contribution in [3.05, 3.63) is 53.1 Å². The highest BCUT2D eigenvalue weighted by Crippen LogP contribution is 2.51. The van der Waals surface area contributed by atoms with Crippen molar-refractivity contribution in [2.24, 2.45) is 16.2 Å². The van der Waals surface area contributed by atoms with Gasteiger partial charge in [-0.25, -0.2) is 4.98 Å². The van der Waals surface area contributed by atoms with Gasteiger partial charge in [-0.3, -0.25) is 0 Å². The monoisotopic (exact) mass is 507 g/mol. The predicted molar refractivity (Wildman–Crippen MR) is 164 cm³/mol. The van der Waals surface area contributed by atoms with Crippen LogP contribution in [0, 0.1) is 16.2 Å². The second kappa shape index (κ2) is 8.76. The Bertz CT molecular complexity index is 1580. The lowest BCUT2D eigenvalue weighted by Gasteiger charge is -2.29. The Hall–Kier alpha value is -3.01. The first-order valence-electron chi connectivity index (χ1n) is 13.9. The fourth-order valence-electron chi connectivity index (χ4n) is 5.91. The number of hydrogen-bond donors (Lipinski definition) is 1. The molecule has 198 valence electrons. The Labute approximate surface area is 229 Å². The molecule has 4 aromatic rings. The molecule has 1 aliphatic rings. The van der Waals surface area contributed by atoms with Gasteiger partial charge in [-0.2, -0.15) is 0 Å². The molecule has 0 unspecified atom stereocenters. The molecule has 0 saturated carbocycles. The summed E-state index contributed by atoms with van der Waals surface area (Å²) in [6.45, 7) is 20.4. The van der Waals surface area contributed by atoms with E-state index in [0.717, 1.165) is 58.3 Å². The van der Waals surface area contributed by atoms with Gasteiger partial charge in [0, 0.05) is 11.1 Å². The van der Waals surface area contributed by atoms with E-state index in [1.165, 1.54) is 27.5 Å². The SMILES string of the molecule is Bc1c(O)nc2c3c(cc(CC(C)(C)C)cc13)Oc1c-2cc2cc(CC(C)(C)C)ccc2c1CC(C)(C)C. The quantitative estimate of drug-likeness (QED) is 0.253. The van der Waals surface area contributed by atoms with E-state index in [0.29, 0.717) is 0 Å². The normalized spacial score (nSPS) is 13.6. The fourth-order valence-corrected chi connectivity index (χ4v) is 5.91. The second-order valence-corrected chi connectivity index (χ2v) is 15.0. The summed E-state index contributed by atoms with van der Waals surface area (Å²) < 4.78 is 6.87. The first kappa shape index (κ1) is 26.6. The number of rotatable bonds is 3. The summed E-state index contributed by atoms with van der Waals surface area (Å²) in [6.07, 6.45) is 2.81. The standard InChI is InChI=1S/C34H42BNO2/c1-32(2,3)16-19-10-11-22-21(12-19)15-24-29-27-23(28(35)31(37)36-29)13-20(17-33(4,5)6)14-26(27)38-30(24)25(22)18-34(7,8)9/h10-15H,16-18,35H2,1-9H3,(H,36,37). The second-order valence-electron chi connectivity index (χ2n) is 15.0. The topological polar surface area (TPSA) is 42.4 Å². The van der Waals surface area contributed by atoms with Gasteiger partial charge in [-0.15, -0.1) is 0 Å². The van der Waals surface area contributed by atoms with Crippen molar-refractivity contribution >= 4 is 34.9 Å². The van der Waals surface area contributed by atoms with Crippen LogP contribution in [-0.4, -0.2) is 17.9 Å². The number of aromatic hydroxyl groups is 1. The van der Waals surface area contributed by atoms with Crippen LogP contribution < -0.4 is 10.2 Å². The molecule has 5 rings (SSSR count). The highest BCUT2D eigenvalue weighted by atomic mass is 16.5. The van der Waals surface area contributed by atoms with Gasteiger partial charge < -0.3 is 9.84 Å². The minimum atomic E-state index is 0.0714. The smallest absolute Gasteiger partial charge is 0.205 e. The van der Waals surface area contributed by atoms with E-state index in [-0.39, 0.29) is 22.1 Å². The molecule has 3 aromatic carbocycles. The molecule has 0 aliphatic carbocycles. The van der Waals surface area contributed by atoms with Crippen LogP contribution in [0.5, 0.6) is 17.4 Å². The van der Waals surface area contributed by atoms with E-state index in [1.54, 1.807) is 0 Å². The van der Waals surface area contributed by atoms with Crippen molar-refractivity contribution in [1.82, 2.24) is 4.98 Å². The molecule has 0 saturated heterocycles. The third-order valence-corrected chi connectivity index (χ3v) is 7.26. The zero-order valence-electron chi connectivity index (χ0n) is 24.9. The van der Waals surface area contributed by atoms with Gasteiger partial charge >= 0.3 is 0 Å². The van der Waals surface area contributed by atoms with Crippen molar-refractivity contribution in [3.8, 4) is 28.6 Å². The van der Waals surface area contributed by atoms with Crippen LogP contribution >= 0.6 is 0 Å². The molecule has 0 bridgehead atoms. The summed E-state index contributed by atoms with van der Waals surface area (Å²) in [6, 6.07) is 13.5. The molecular formula is C34H42BNO2. The number of pyridine rings is 1. The van der Waals surface area contributed by atoms with Crippen molar-refractivity contribution in [3.63, 3.8) is 0 Å². The molecule has 0 radical (unpaired) electrons. The average Bonchev–Trinajstić information content (AvgIpc) is 2.74. The molecule has 38 heavy (non-hydrogen) atoms. The van der Waals surface area contributed by atoms with Crippen LogP contribution in [0.15, 0.2) is 36.4 Å². The van der Waals surface area contributed by atoms with Gasteiger partial charge in [0.1, 0.15) is 19.3 Å². The third-order valence-electron chi connectivity index (χ3n) is 7.26. The molecule has 0 fully saturated rings. The zero-order valence-corrected chi connectivity index (χ0v) is 24.9. The van der Waals surface area contributed by atoms with Crippen molar-refractivity contribution in [2.75, 3.05) is 0 Å². The lowest BCUT2D eigenvalue weighted by molar-refractivity contribution is 0.398. The summed E-state index contributed by atoms with van der Waals surface area (Å²) in [5, 5.41) is 15.4. The van der Waals surface area contributed by atoms with E-state index in [1.807, 2.05) is 7.85 Å². The summed E-state index contributed by atoms with van der Waals surface area (Å²) in [5.41, 5.74) is 6.78. The van der Waals surface area contributed by atoms with Gasteiger partial charge in [0.15, 0.2) is 0 Å². The molecular weight excluding hydrogens is 465 g/mol. The number of hydrogen-bond acceptors (Lipinski definition) is 3. The first-order valence-corrected chi connectivity index (χ1v) is 13.9. The summed E-state index contributed by atoms with van der Waals surface area (Å²) in [7, 11) is 1.95. The van der Waals surface area contributed by atoms with Gasteiger partial charge in [0.05, 0.1) is 11.1 Å². The number of aromatic nitrogens is 1. The van der Waals surface area contributed by atoms with Crippen molar-refractivity contribution in [1.29, 1.82) is 0 Å². The molecule has 4 heteroatoms. The summed E-state index contributed by atoms with van der Waals surface area (Å²) in [4.78, 5) is 4.78. The van der Waals surface area contributed by atoms with Crippen molar-refractivity contribution in [2.45, 2.75) is 81.6 Å². The highest BCUT2D eigenvalue weighted by molar-refractivity contribution is 6.41. The van der Waals surface area contributed by atoms with Crippen LogP contribution in [0.1, 0.15) is 79.0 Å². The van der Waals surface area contributed by atoms with Gasteiger partial charge in [0.25, 0.3) is 0 Å². The van der Waals surface area contributed by atoms with Gasteiger partial charge in [-0.1, -0.05) is 86.6 Å². The molecule has 1 aromatic heterocycles. The lowest BCUT2D eigenvalue weighted by atomic mass is 9.81. The van der Waals surface area contributed by atoms with E-state index in [9.17, 15) is 5.11 Å². The molecule has 0 atom stereocenters. The number of fused-ring (bicyclic) bond motifs is 3. The minimum absolute atomic E-state index is 0.0714. The lowest BCUT2D eigenvalue weighted by Crippen LogP contribution is -2.15. The number of benzene rings is 3. The van der Waals surface area contributed by atoms with E-state index < -0.39 is 0 Å². The Morgan fingerprint density at radius 3 is 2.03 bits per heavy atom. The fraction of sp³-hybridized carbons (Fsp3) is 0.441. The van der Waals surface area contributed by atoms with Crippen LogP contribution in [0.2, 0.25) is 0 Å². The van der Waals surface area contributed by atoms with Crippen LogP contribution in [-0.2, 0) is 19.3 Å². The Balaban J connectivity index is 1.83. The number of nitrogens with zero attached hydrogens (tertiary/aromatic N) is 1. The molecule has 2 heterocycles. The zero-order chi connectivity index (χ0) is 27.8. The highest BCUT2D eigenvalue weighted by Gasteiger charge is 2.30. The number of ether oxygens (including phenoxy) is 1. The van der Waals surface area contributed by atoms with Gasteiger partial charge in [-0.05, 0) is 80.4 Å².